The van der Waals surface area contributed by atoms with Gasteiger partial charge in [-0.1, -0.05) is 24.3 Å². The quantitative estimate of drug-likeness (QED) is 0.457. The van der Waals surface area contributed by atoms with Crippen LogP contribution in [0.5, 0.6) is 11.5 Å². The molecule has 0 aliphatic rings. The summed E-state index contributed by atoms with van der Waals surface area (Å²) in [5, 5.41) is 2.71. The van der Waals surface area contributed by atoms with Crippen molar-refractivity contribution < 1.29 is 32.2 Å². The third-order valence-corrected chi connectivity index (χ3v) is 3.90. The number of carbonyl (C=O) groups excluding carboxylic acids is 2. The Morgan fingerprint density at radius 3 is 2.20 bits per heavy atom. The Balaban J connectivity index is 1.52. The van der Waals surface area contributed by atoms with Crippen LogP contribution in [0.2, 0.25) is 0 Å². The number of halogens is 3. The Labute approximate surface area is 170 Å². The normalized spacial score (nSPS) is 10.9. The van der Waals surface area contributed by atoms with Gasteiger partial charge in [-0.05, 0) is 54.6 Å². The molecular formula is C22H16F3NO4. The van der Waals surface area contributed by atoms with Gasteiger partial charge in [-0.25, -0.2) is 4.79 Å². The number of hydrogen-bond donors (Lipinski definition) is 1. The van der Waals surface area contributed by atoms with Gasteiger partial charge in [0.05, 0.1) is 5.56 Å². The van der Waals surface area contributed by atoms with Gasteiger partial charge in [-0.15, -0.1) is 0 Å². The van der Waals surface area contributed by atoms with E-state index in [0.29, 0.717) is 11.3 Å². The molecule has 1 N–H and O–H groups in total. The minimum Gasteiger partial charge on any atom is -0.482 e. The van der Waals surface area contributed by atoms with Gasteiger partial charge in [-0.3, -0.25) is 4.79 Å². The zero-order valence-corrected chi connectivity index (χ0v) is 15.5. The van der Waals surface area contributed by atoms with Crippen molar-refractivity contribution >= 4 is 17.6 Å². The zero-order valence-electron chi connectivity index (χ0n) is 15.5. The minimum atomic E-state index is -4.50. The van der Waals surface area contributed by atoms with E-state index in [0.717, 1.165) is 12.1 Å². The molecule has 0 radical (unpaired) electrons. The van der Waals surface area contributed by atoms with E-state index in [-0.39, 0.29) is 17.4 Å². The lowest BCUT2D eigenvalue weighted by atomic mass is 10.2. The van der Waals surface area contributed by atoms with Crippen molar-refractivity contribution in [2.45, 2.75) is 6.18 Å². The van der Waals surface area contributed by atoms with Gasteiger partial charge in [-0.2, -0.15) is 13.2 Å². The van der Waals surface area contributed by atoms with Crippen molar-refractivity contribution in [2.75, 3.05) is 11.9 Å². The molecule has 1 amide bonds. The fourth-order valence-corrected chi connectivity index (χ4v) is 2.46. The van der Waals surface area contributed by atoms with Crippen LogP contribution in [0, 0.1) is 0 Å². The third-order valence-electron chi connectivity index (χ3n) is 3.90. The number of rotatable bonds is 6. The first-order valence-corrected chi connectivity index (χ1v) is 8.78. The molecule has 0 aliphatic heterocycles. The number of esters is 1. The Morgan fingerprint density at radius 1 is 0.833 bits per heavy atom. The predicted octanol–water partition coefficient (Wildman–Crippen LogP) is 4.94. The number of carbonyl (C=O) groups is 2. The minimum absolute atomic E-state index is 0.0965. The van der Waals surface area contributed by atoms with Crippen LogP contribution in [0.3, 0.4) is 0 Å². The average molecular weight is 415 g/mol. The van der Waals surface area contributed by atoms with Crippen molar-refractivity contribution in [1.29, 1.82) is 0 Å². The number of nitrogens with one attached hydrogen (secondary N) is 1. The molecule has 3 aromatic rings. The van der Waals surface area contributed by atoms with Crippen LogP contribution in [-0.4, -0.2) is 18.5 Å². The molecule has 8 heteroatoms. The van der Waals surface area contributed by atoms with Crippen molar-refractivity contribution in [1.82, 2.24) is 0 Å². The van der Waals surface area contributed by atoms with Gasteiger partial charge in [0.25, 0.3) is 5.91 Å². The highest BCUT2D eigenvalue weighted by Crippen LogP contribution is 2.31. The number of alkyl halides is 3. The number of ether oxygens (including phenoxy) is 2. The molecular weight excluding hydrogens is 399 g/mol. The van der Waals surface area contributed by atoms with Crippen LogP contribution >= 0.6 is 0 Å². The Morgan fingerprint density at radius 2 is 1.53 bits per heavy atom. The first-order chi connectivity index (χ1) is 14.3. The van der Waals surface area contributed by atoms with Crippen molar-refractivity contribution in [3.63, 3.8) is 0 Å². The summed E-state index contributed by atoms with van der Waals surface area (Å²) in [5.74, 6) is -0.964. The monoisotopic (exact) mass is 415 g/mol. The highest BCUT2D eigenvalue weighted by atomic mass is 19.4. The summed E-state index contributed by atoms with van der Waals surface area (Å²) in [6.45, 7) is -0.562. The van der Waals surface area contributed by atoms with Gasteiger partial charge >= 0.3 is 12.1 Å². The second-order valence-electron chi connectivity index (χ2n) is 6.13. The van der Waals surface area contributed by atoms with Crippen molar-refractivity contribution in [3.8, 4) is 11.5 Å². The van der Waals surface area contributed by atoms with E-state index in [4.69, 9.17) is 9.47 Å². The number of benzene rings is 3. The highest BCUT2D eigenvalue weighted by molar-refractivity contribution is 6.04. The smallest absolute Gasteiger partial charge is 0.416 e. The number of hydrogen-bond acceptors (Lipinski definition) is 4. The molecule has 3 rings (SSSR count). The van der Waals surface area contributed by atoms with E-state index >= 15 is 0 Å². The molecule has 0 spiro atoms. The molecule has 0 aliphatic carbocycles. The molecule has 0 atom stereocenters. The maximum absolute atomic E-state index is 12.7. The molecule has 0 saturated carbocycles. The standard InChI is InChI=1S/C22H16F3NO4/c23-22(24,25)16-7-4-8-19(13-16)29-14-20(27)30-18-11-9-17(10-12-18)26-21(28)15-5-2-1-3-6-15/h1-13H,14H2,(H,26,28). The third kappa shape index (κ3) is 5.84. The van der Waals surface area contributed by atoms with Crippen LogP contribution in [0.4, 0.5) is 18.9 Å². The topological polar surface area (TPSA) is 64.6 Å². The Hall–Kier alpha value is -3.81. The predicted molar refractivity (Wildman–Crippen MR) is 103 cm³/mol. The molecule has 0 unspecified atom stereocenters. The van der Waals surface area contributed by atoms with Gasteiger partial charge in [0.1, 0.15) is 11.5 Å². The van der Waals surface area contributed by atoms with Crippen LogP contribution in [0.15, 0.2) is 78.9 Å². The maximum atomic E-state index is 12.7. The maximum Gasteiger partial charge on any atom is 0.416 e. The highest BCUT2D eigenvalue weighted by Gasteiger charge is 2.30. The van der Waals surface area contributed by atoms with Gasteiger partial charge in [0.2, 0.25) is 0 Å². The second-order valence-corrected chi connectivity index (χ2v) is 6.13. The summed E-state index contributed by atoms with van der Waals surface area (Å²) < 4.78 is 48.2. The van der Waals surface area contributed by atoms with E-state index in [1.807, 2.05) is 0 Å². The fraction of sp³-hybridized carbons (Fsp3) is 0.0909. The van der Waals surface area contributed by atoms with Crippen LogP contribution in [0.25, 0.3) is 0 Å². The largest absolute Gasteiger partial charge is 0.482 e. The fourth-order valence-electron chi connectivity index (χ4n) is 2.46. The summed E-state index contributed by atoms with van der Waals surface area (Å²) in [5.41, 5.74) is 0.130. The van der Waals surface area contributed by atoms with Crippen LogP contribution < -0.4 is 14.8 Å². The Kier molecular flexibility index (Phi) is 6.36. The second kappa shape index (κ2) is 9.13. The van der Waals surface area contributed by atoms with Gasteiger partial charge in [0.15, 0.2) is 6.61 Å². The summed E-state index contributed by atoms with van der Waals surface area (Å²) >= 11 is 0. The van der Waals surface area contributed by atoms with E-state index in [1.54, 1.807) is 42.5 Å². The summed E-state index contributed by atoms with van der Waals surface area (Å²) in [7, 11) is 0. The van der Waals surface area contributed by atoms with E-state index < -0.39 is 24.3 Å². The molecule has 3 aromatic carbocycles. The zero-order chi connectivity index (χ0) is 21.6. The molecule has 5 nitrogen and oxygen atoms in total. The lowest BCUT2D eigenvalue weighted by Gasteiger charge is -2.10. The molecule has 0 heterocycles. The lowest BCUT2D eigenvalue weighted by Crippen LogP contribution is -2.18. The van der Waals surface area contributed by atoms with Crippen LogP contribution in [0.1, 0.15) is 15.9 Å². The lowest BCUT2D eigenvalue weighted by molar-refractivity contribution is -0.137. The molecule has 0 aromatic heterocycles. The van der Waals surface area contributed by atoms with Gasteiger partial charge in [0, 0.05) is 11.3 Å². The van der Waals surface area contributed by atoms with Crippen LogP contribution in [-0.2, 0) is 11.0 Å². The molecule has 30 heavy (non-hydrogen) atoms. The van der Waals surface area contributed by atoms with E-state index in [1.165, 1.54) is 24.3 Å². The number of amides is 1. The van der Waals surface area contributed by atoms with E-state index in [2.05, 4.69) is 5.32 Å². The van der Waals surface area contributed by atoms with Crippen molar-refractivity contribution in [2.24, 2.45) is 0 Å². The first kappa shape index (κ1) is 20.9. The summed E-state index contributed by atoms with van der Waals surface area (Å²) in [6.07, 6.45) is -4.50. The van der Waals surface area contributed by atoms with Gasteiger partial charge < -0.3 is 14.8 Å². The SMILES string of the molecule is O=C(COc1cccc(C(F)(F)F)c1)Oc1ccc(NC(=O)c2ccccc2)cc1. The first-order valence-electron chi connectivity index (χ1n) is 8.78. The summed E-state index contributed by atoms with van der Waals surface area (Å²) in [4.78, 5) is 24.0. The number of anilines is 1. The molecule has 154 valence electrons. The average Bonchev–Trinajstić information content (AvgIpc) is 2.74. The Bertz CT molecular complexity index is 1020. The molecule has 0 fully saturated rings. The summed E-state index contributed by atoms with van der Waals surface area (Å²) in [6, 6.07) is 18.9. The molecule has 0 saturated heterocycles. The van der Waals surface area contributed by atoms with Crippen molar-refractivity contribution in [3.05, 3.63) is 90.0 Å². The molecule has 0 bridgehead atoms. The van der Waals surface area contributed by atoms with E-state index in [9.17, 15) is 22.8 Å².